The van der Waals surface area contributed by atoms with E-state index in [-0.39, 0.29) is 16.5 Å². The summed E-state index contributed by atoms with van der Waals surface area (Å²) >= 11 is 0. The van der Waals surface area contributed by atoms with Crippen LogP contribution in [0, 0.1) is 0 Å². The molecule has 0 aliphatic carbocycles. The molecule has 0 aliphatic heterocycles. The molecule has 0 unspecified atom stereocenters. The predicted molar refractivity (Wildman–Crippen MR) is 88.4 cm³/mol. The fourth-order valence-corrected chi connectivity index (χ4v) is 3.63. The van der Waals surface area contributed by atoms with E-state index in [9.17, 15) is 13.2 Å². The molecular weight excluding hydrogens is 320 g/mol. The molecule has 3 N–H and O–H groups in total. The van der Waals surface area contributed by atoms with E-state index in [1.165, 1.54) is 12.1 Å². The molecule has 23 heavy (non-hydrogen) atoms. The van der Waals surface area contributed by atoms with E-state index in [1.54, 1.807) is 27.9 Å². The zero-order valence-electron chi connectivity index (χ0n) is 14.0. The average Bonchev–Trinajstić information content (AvgIpc) is 2.36. The van der Waals surface area contributed by atoms with Crippen molar-refractivity contribution in [1.29, 1.82) is 0 Å². The third kappa shape index (κ3) is 5.81. The van der Waals surface area contributed by atoms with Crippen molar-refractivity contribution in [3.63, 3.8) is 0 Å². The molecule has 0 heterocycles. The van der Waals surface area contributed by atoms with E-state index < -0.39 is 21.5 Å². The molecule has 0 bridgehead atoms. The van der Waals surface area contributed by atoms with Crippen molar-refractivity contribution < 1.29 is 23.1 Å². The Kier molecular flexibility index (Phi) is 6.15. The number of hydrogen-bond donors (Lipinski definition) is 3. The predicted octanol–water partition coefficient (Wildman–Crippen LogP) is 1.91. The van der Waals surface area contributed by atoms with Crippen molar-refractivity contribution in [1.82, 2.24) is 4.72 Å². The largest absolute Gasteiger partial charge is 0.478 e. The monoisotopic (exact) mass is 344 g/mol. The van der Waals surface area contributed by atoms with Gasteiger partial charge in [-0.3, -0.25) is 0 Å². The molecule has 0 fully saturated rings. The SMILES string of the molecule is COC[C@@H](C)Nc1ccc(C(=O)O)cc1S(=O)(=O)NC(C)(C)C. The minimum Gasteiger partial charge on any atom is -0.478 e. The Bertz CT molecular complexity index is 665. The van der Waals surface area contributed by atoms with Gasteiger partial charge in [-0.15, -0.1) is 0 Å². The molecule has 1 atom stereocenters. The molecule has 1 rings (SSSR count). The maximum Gasteiger partial charge on any atom is 0.335 e. The molecule has 0 aliphatic rings. The van der Waals surface area contributed by atoms with Crippen LogP contribution < -0.4 is 10.0 Å². The third-order valence-electron chi connectivity index (χ3n) is 2.78. The molecule has 1 aromatic carbocycles. The third-order valence-corrected chi connectivity index (χ3v) is 4.58. The Morgan fingerprint density at radius 2 is 1.96 bits per heavy atom. The van der Waals surface area contributed by atoms with Gasteiger partial charge in [-0.1, -0.05) is 0 Å². The van der Waals surface area contributed by atoms with Gasteiger partial charge in [-0.05, 0) is 45.9 Å². The van der Waals surface area contributed by atoms with Crippen LogP contribution in [0.5, 0.6) is 0 Å². The first-order valence-corrected chi connectivity index (χ1v) is 8.61. The number of ether oxygens (including phenoxy) is 1. The van der Waals surface area contributed by atoms with Gasteiger partial charge in [-0.2, -0.15) is 0 Å². The molecule has 0 amide bonds. The second-order valence-corrected chi connectivity index (χ2v) is 8.02. The molecule has 0 saturated carbocycles. The zero-order valence-corrected chi connectivity index (χ0v) is 14.8. The van der Waals surface area contributed by atoms with Gasteiger partial charge in [0, 0.05) is 18.7 Å². The highest BCUT2D eigenvalue weighted by molar-refractivity contribution is 7.89. The van der Waals surface area contributed by atoms with Crippen LogP contribution in [0.15, 0.2) is 23.1 Å². The van der Waals surface area contributed by atoms with Crippen LogP contribution in [0.2, 0.25) is 0 Å². The average molecular weight is 344 g/mol. The smallest absolute Gasteiger partial charge is 0.335 e. The van der Waals surface area contributed by atoms with Crippen LogP contribution in [0.3, 0.4) is 0 Å². The van der Waals surface area contributed by atoms with Crippen molar-refractivity contribution in [3.05, 3.63) is 23.8 Å². The molecule has 0 saturated heterocycles. The number of hydrogen-bond acceptors (Lipinski definition) is 5. The Labute approximate surface area is 137 Å². The summed E-state index contributed by atoms with van der Waals surface area (Å²) in [4.78, 5) is 11.0. The summed E-state index contributed by atoms with van der Waals surface area (Å²) in [6.45, 7) is 7.36. The summed E-state index contributed by atoms with van der Waals surface area (Å²) in [5, 5.41) is 12.1. The number of carbonyl (C=O) groups is 1. The first-order valence-electron chi connectivity index (χ1n) is 7.13. The van der Waals surface area contributed by atoms with E-state index in [1.807, 2.05) is 6.92 Å². The number of sulfonamides is 1. The molecule has 1 aromatic rings. The minimum absolute atomic E-state index is 0.0933. The van der Waals surface area contributed by atoms with Gasteiger partial charge in [0.25, 0.3) is 0 Å². The maximum absolute atomic E-state index is 12.6. The highest BCUT2D eigenvalue weighted by Gasteiger charge is 2.26. The Morgan fingerprint density at radius 3 is 2.43 bits per heavy atom. The quantitative estimate of drug-likeness (QED) is 0.698. The lowest BCUT2D eigenvalue weighted by molar-refractivity contribution is 0.0696. The number of anilines is 1. The van der Waals surface area contributed by atoms with Gasteiger partial charge in [-0.25, -0.2) is 17.9 Å². The maximum atomic E-state index is 12.6. The van der Waals surface area contributed by atoms with Crippen molar-refractivity contribution in [3.8, 4) is 0 Å². The standard InChI is InChI=1S/C15H24N2O5S/c1-10(9-22-5)16-12-7-6-11(14(18)19)8-13(12)23(20,21)17-15(2,3)4/h6-8,10,16-17H,9H2,1-5H3,(H,18,19)/t10-/m1/s1. The van der Waals surface area contributed by atoms with E-state index in [4.69, 9.17) is 9.84 Å². The van der Waals surface area contributed by atoms with Gasteiger partial charge in [0.2, 0.25) is 10.0 Å². The second kappa shape index (κ2) is 7.29. The fraction of sp³-hybridized carbons (Fsp3) is 0.533. The molecular formula is C15H24N2O5S. The number of benzene rings is 1. The minimum atomic E-state index is -3.88. The molecule has 0 spiro atoms. The summed E-state index contributed by atoms with van der Waals surface area (Å²) in [6, 6.07) is 3.82. The summed E-state index contributed by atoms with van der Waals surface area (Å²) in [6.07, 6.45) is 0. The molecule has 0 radical (unpaired) electrons. The summed E-state index contributed by atoms with van der Waals surface area (Å²) in [7, 11) is -2.34. The Hall–Kier alpha value is -1.64. The van der Waals surface area contributed by atoms with E-state index in [2.05, 4.69) is 10.0 Å². The Morgan fingerprint density at radius 1 is 1.35 bits per heavy atom. The van der Waals surface area contributed by atoms with E-state index in [0.29, 0.717) is 12.3 Å². The van der Waals surface area contributed by atoms with Gasteiger partial charge in [0.15, 0.2) is 0 Å². The van der Waals surface area contributed by atoms with Crippen LogP contribution in [0.1, 0.15) is 38.1 Å². The van der Waals surface area contributed by atoms with Crippen LogP contribution in [0.4, 0.5) is 5.69 Å². The van der Waals surface area contributed by atoms with E-state index in [0.717, 1.165) is 6.07 Å². The Balaban J connectivity index is 3.34. The highest BCUT2D eigenvalue weighted by atomic mass is 32.2. The lowest BCUT2D eigenvalue weighted by Gasteiger charge is -2.23. The molecule has 8 heteroatoms. The lowest BCUT2D eigenvalue weighted by atomic mass is 10.1. The van der Waals surface area contributed by atoms with Crippen molar-refractivity contribution in [2.75, 3.05) is 19.0 Å². The zero-order chi connectivity index (χ0) is 17.8. The molecule has 7 nitrogen and oxygen atoms in total. The fourth-order valence-electron chi connectivity index (χ4n) is 2.01. The lowest BCUT2D eigenvalue weighted by Crippen LogP contribution is -2.41. The van der Waals surface area contributed by atoms with Crippen LogP contribution >= 0.6 is 0 Å². The first-order chi connectivity index (χ1) is 10.5. The van der Waals surface area contributed by atoms with Gasteiger partial charge in [0.1, 0.15) is 4.90 Å². The van der Waals surface area contributed by atoms with Gasteiger partial charge >= 0.3 is 5.97 Å². The van der Waals surface area contributed by atoms with E-state index >= 15 is 0 Å². The van der Waals surface area contributed by atoms with Crippen molar-refractivity contribution in [2.45, 2.75) is 44.2 Å². The summed E-state index contributed by atoms with van der Waals surface area (Å²) in [5.74, 6) is -1.19. The van der Waals surface area contributed by atoms with Crippen LogP contribution in [-0.4, -0.2) is 44.8 Å². The number of nitrogens with one attached hydrogen (secondary N) is 2. The number of carboxylic acids is 1. The first kappa shape index (κ1) is 19.4. The second-order valence-electron chi connectivity index (χ2n) is 6.37. The summed E-state index contributed by atoms with van der Waals surface area (Å²) in [5.41, 5.74) is -0.450. The molecule has 0 aromatic heterocycles. The van der Waals surface area contributed by atoms with Gasteiger partial charge in [0.05, 0.1) is 17.9 Å². The number of rotatable bonds is 7. The normalized spacial score (nSPS) is 13.6. The molecule has 130 valence electrons. The highest BCUT2D eigenvalue weighted by Crippen LogP contribution is 2.25. The van der Waals surface area contributed by atoms with Crippen LogP contribution in [-0.2, 0) is 14.8 Å². The van der Waals surface area contributed by atoms with Gasteiger partial charge < -0.3 is 15.2 Å². The summed E-state index contributed by atoms with van der Waals surface area (Å²) < 4.78 is 32.8. The topological polar surface area (TPSA) is 105 Å². The number of carboxylic acid groups (broad SMARTS) is 1. The van der Waals surface area contributed by atoms with Crippen molar-refractivity contribution in [2.24, 2.45) is 0 Å². The van der Waals surface area contributed by atoms with Crippen LogP contribution in [0.25, 0.3) is 0 Å². The number of methoxy groups -OCH3 is 1. The van der Waals surface area contributed by atoms with Crippen molar-refractivity contribution >= 4 is 21.7 Å². The number of aromatic carboxylic acids is 1.